The number of hydrogen-bond acceptors (Lipinski definition) is 4. The largest absolute Gasteiger partial charge is 0.481 e. The van der Waals surface area contributed by atoms with Gasteiger partial charge >= 0.3 is 0 Å². The number of methoxy groups -OCH3 is 1. The molecule has 33 heavy (non-hydrogen) atoms. The van der Waals surface area contributed by atoms with E-state index >= 15 is 0 Å². The molecular formula is C28H30N2O3. The molecule has 0 saturated heterocycles. The van der Waals surface area contributed by atoms with E-state index in [1.807, 2.05) is 36.4 Å². The summed E-state index contributed by atoms with van der Waals surface area (Å²) in [7, 11) is 1.56. The molecule has 5 heteroatoms. The molecule has 0 saturated carbocycles. The van der Waals surface area contributed by atoms with Gasteiger partial charge in [-0.3, -0.25) is 9.59 Å². The number of rotatable bonds is 8. The second-order valence-electron chi connectivity index (χ2n) is 9.15. The van der Waals surface area contributed by atoms with Crippen LogP contribution in [0.5, 0.6) is 5.88 Å². The van der Waals surface area contributed by atoms with E-state index in [1.165, 1.54) is 6.20 Å². The van der Waals surface area contributed by atoms with E-state index in [0.717, 1.165) is 42.0 Å². The summed E-state index contributed by atoms with van der Waals surface area (Å²) in [6, 6.07) is 15.2. The van der Waals surface area contributed by atoms with Crippen molar-refractivity contribution in [2.75, 3.05) is 7.11 Å². The zero-order valence-corrected chi connectivity index (χ0v) is 19.7. The maximum atomic E-state index is 13.6. The molecular weight excluding hydrogens is 412 g/mol. The van der Waals surface area contributed by atoms with Crippen molar-refractivity contribution in [1.82, 2.24) is 9.55 Å². The molecule has 0 aliphatic rings. The highest BCUT2D eigenvalue weighted by Crippen LogP contribution is 2.29. The van der Waals surface area contributed by atoms with Crippen molar-refractivity contribution < 1.29 is 9.53 Å². The Labute approximate surface area is 194 Å². The molecule has 4 rings (SSSR count). The number of unbranched alkanes of at least 4 members (excludes halogenated alkanes) is 2. The molecule has 0 radical (unpaired) electrons. The van der Waals surface area contributed by atoms with Crippen molar-refractivity contribution >= 4 is 27.5 Å². The van der Waals surface area contributed by atoms with Gasteiger partial charge in [-0.1, -0.05) is 62.6 Å². The summed E-state index contributed by atoms with van der Waals surface area (Å²) in [5, 5.41) is 2.44. The molecule has 0 aliphatic carbocycles. The predicted molar refractivity (Wildman–Crippen MR) is 133 cm³/mol. The van der Waals surface area contributed by atoms with Gasteiger partial charge in [-0.15, -0.1) is 0 Å². The summed E-state index contributed by atoms with van der Waals surface area (Å²) in [6.45, 7) is 6.46. The third kappa shape index (κ3) is 4.40. The zero-order valence-electron chi connectivity index (χ0n) is 19.7. The van der Waals surface area contributed by atoms with Gasteiger partial charge in [0.05, 0.1) is 23.6 Å². The Hall–Kier alpha value is -3.47. The summed E-state index contributed by atoms with van der Waals surface area (Å²) in [5.41, 5.74) is 0.781. The molecule has 0 unspecified atom stereocenters. The van der Waals surface area contributed by atoms with E-state index < -0.39 is 0 Å². The number of ether oxygens (including phenoxy) is 1. The number of pyridine rings is 2. The van der Waals surface area contributed by atoms with Gasteiger partial charge in [0.15, 0.2) is 5.78 Å². The first-order valence-corrected chi connectivity index (χ1v) is 11.5. The molecule has 4 aromatic rings. The van der Waals surface area contributed by atoms with Crippen LogP contribution in [-0.4, -0.2) is 22.4 Å². The quantitative estimate of drug-likeness (QED) is 0.244. The average Bonchev–Trinajstić information content (AvgIpc) is 2.83. The van der Waals surface area contributed by atoms with Gasteiger partial charge < -0.3 is 9.30 Å². The third-order valence-electron chi connectivity index (χ3n) is 6.37. The Morgan fingerprint density at radius 1 is 1.06 bits per heavy atom. The van der Waals surface area contributed by atoms with Crippen LogP contribution >= 0.6 is 0 Å². The molecule has 5 nitrogen and oxygen atoms in total. The first kappa shape index (κ1) is 22.7. The van der Waals surface area contributed by atoms with Crippen molar-refractivity contribution in [1.29, 1.82) is 0 Å². The molecule has 0 amide bonds. The maximum absolute atomic E-state index is 13.6. The van der Waals surface area contributed by atoms with Crippen LogP contribution in [0.15, 0.2) is 65.7 Å². The van der Waals surface area contributed by atoms with E-state index in [-0.39, 0.29) is 22.3 Å². The van der Waals surface area contributed by atoms with Crippen LogP contribution in [0.3, 0.4) is 0 Å². The number of hydrogen-bond donors (Lipinski definition) is 0. The fourth-order valence-corrected chi connectivity index (χ4v) is 4.39. The van der Waals surface area contributed by atoms with Gasteiger partial charge in [-0.2, -0.15) is 0 Å². The van der Waals surface area contributed by atoms with Gasteiger partial charge in [0.2, 0.25) is 11.3 Å². The summed E-state index contributed by atoms with van der Waals surface area (Å²) in [4.78, 5) is 31.2. The second-order valence-corrected chi connectivity index (χ2v) is 9.15. The number of ketones is 1. The van der Waals surface area contributed by atoms with Crippen molar-refractivity contribution in [2.24, 2.45) is 0 Å². The van der Waals surface area contributed by atoms with Gasteiger partial charge in [0.1, 0.15) is 0 Å². The molecule has 170 valence electrons. The Bertz CT molecular complexity index is 1390. The minimum Gasteiger partial charge on any atom is -0.481 e. The highest BCUT2D eigenvalue weighted by Gasteiger charge is 2.25. The molecule has 0 fully saturated rings. The normalized spacial score (nSPS) is 11.8. The lowest BCUT2D eigenvalue weighted by atomic mass is 9.94. The monoisotopic (exact) mass is 442 g/mol. The smallest absolute Gasteiger partial charge is 0.215 e. The second kappa shape index (κ2) is 9.18. The van der Waals surface area contributed by atoms with Crippen molar-refractivity contribution in [3.63, 3.8) is 0 Å². The highest BCUT2D eigenvalue weighted by atomic mass is 16.5. The molecule has 0 aliphatic heterocycles. The van der Waals surface area contributed by atoms with E-state index in [4.69, 9.17) is 4.74 Å². The lowest BCUT2D eigenvalue weighted by Crippen LogP contribution is -2.30. The number of carbonyl (C=O) groups excluding carboxylic acids is 1. The summed E-state index contributed by atoms with van der Waals surface area (Å²) < 4.78 is 7.38. The van der Waals surface area contributed by atoms with Crippen LogP contribution in [0.25, 0.3) is 21.7 Å². The van der Waals surface area contributed by atoms with Crippen LogP contribution in [0.2, 0.25) is 0 Å². The third-order valence-corrected chi connectivity index (χ3v) is 6.37. The number of benzene rings is 2. The first-order chi connectivity index (χ1) is 15.9. The van der Waals surface area contributed by atoms with E-state index in [0.29, 0.717) is 16.8 Å². The maximum Gasteiger partial charge on any atom is 0.215 e. The standard InChI is InChI=1S/C28H30N2O3/c1-5-6-9-14-28(2,3)30-18-23(27(32)22-17-29-25(33-4)16-24(22)30)26(31)21-13-12-19-10-7-8-11-20(19)15-21/h7-8,10-13,15-18H,5-6,9,14H2,1-4H3. The number of fused-ring (bicyclic) bond motifs is 2. The summed E-state index contributed by atoms with van der Waals surface area (Å²) >= 11 is 0. The van der Waals surface area contributed by atoms with Crippen LogP contribution in [0, 0.1) is 0 Å². The summed E-state index contributed by atoms with van der Waals surface area (Å²) in [5.74, 6) is 0.162. The van der Waals surface area contributed by atoms with Crippen molar-refractivity contribution in [3.05, 3.63) is 82.3 Å². The van der Waals surface area contributed by atoms with Crippen LogP contribution in [-0.2, 0) is 5.54 Å². The van der Waals surface area contributed by atoms with Gasteiger partial charge in [0.25, 0.3) is 0 Å². The lowest BCUT2D eigenvalue weighted by Gasteiger charge is -2.31. The predicted octanol–water partition coefficient (Wildman–Crippen LogP) is 6.10. The molecule has 2 aromatic carbocycles. The Kier molecular flexibility index (Phi) is 6.32. The average molecular weight is 443 g/mol. The fraction of sp³-hybridized carbons (Fsp3) is 0.321. The molecule has 0 N–H and O–H groups in total. The van der Waals surface area contributed by atoms with Crippen LogP contribution < -0.4 is 10.2 Å². The van der Waals surface area contributed by atoms with Gasteiger partial charge in [0, 0.05) is 29.6 Å². The Morgan fingerprint density at radius 2 is 1.82 bits per heavy atom. The van der Waals surface area contributed by atoms with Gasteiger partial charge in [-0.05, 0) is 37.1 Å². The Morgan fingerprint density at radius 3 is 2.55 bits per heavy atom. The van der Waals surface area contributed by atoms with Crippen LogP contribution in [0.1, 0.15) is 62.4 Å². The molecule has 0 spiro atoms. The Balaban J connectivity index is 1.90. The molecule has 0 bridgehead atoms. The fourth-order valence-electron chi connectivity index (χ4n) is 4.39. The SMILES string of the molecule is CCCCCC(C)(C)n1cc(C(=O)c2ccc3ccccc3c2)c(=O)c2cnc(OC)cc21. The lowest BCUT2D eigenvalue weighted by molar-refractivity contribution is 0.103. The topological polar surface area (TPSA) is 61.2 Å². The molecule has 2 aromatic heterocycles. The van der Waals surface area contributed by atoms with Crippen LogP contribution in [0.4, 0.5) is 0 Å². The van der Waals surface area contributed by atoms with Crippen molar-refractivity contribution in [3.8, 4) is 5.88 Å². The van der Waals surface area contributed by atoms with E-state index in [2.05, 4.69) is 30.3 Å². The number of aromatic nitrogens is 2. The van der Waals surface area contributed by atoms with E-state index in [9.17, 15) is 9.59 Å². The number of carbonyl (C=O) groups is 1. The molecule has 2 heterocycles. The first-order valence-electron chi connectivity index (χ1n) is 11.5. The molecule has 0 atom stereocenters. The van der Waals surface area contributed by atoms with Crippen molar-refractivity contribution in [2.45, 2.75) is 52.0 Å². The minimum absolute atomic E-state index is 0.160. The number of nitrogens with zero attached hydrogens (tertiary/aromatic N) is 2. The zero-order chi connectivity index (χ0) is 23.6. The highest BCUT2D eigenvalue weighted by molar-refractivity contribution is 6.11. The minimum atomic E-state index is -0.307. The van der Waals surface area contributed by atoms with Gasteiger partial charge in [-0.25, -0.2) is 4.98 Å². The van der Waals surface area contributed by atoms with E-state index in [1.54, 1.807) is 25.4 Å². The summed E-state index contributed by atoms with van der Waals surface area (Å²) in [6.07, 6.45) is 7.50.